The number of rotatable bonds is 5. The summed E-state index contributed by atoms with van der Waals surface area (Å²) >= 11 is 0. The average Bonchev–Trinajstić information content (AvgIpc) is 2.82. The fraction of sp³-hybridized carbons (Fsp3) is 0.786. The topological polar surface area (TPSA) is 111 Å². The Morgan fingerprint density at radius 3 is 2.17 bits per heavy atom. The van der Waals surface area contributed by atoms with E-state index in [0.717, 1.165) is 0 Å². The third kappa shape index (κ3) is 5.19. The highest BCUT2D eigenvalue weighted by molar-refractivity contribution is 7.91. The van der Waals surface area contributed by atoms with Crippen molar-refractivity contribution in [1.29, 1.82) is 0 Å². The zero-order valence-corrected chi connectivity index (χ0v) is 15.4. The zero-order chi connectivity index (χ0) is 18.0. The number of ether oxygens (including phenoxy) is 1. The summed E-state index contributed by atoms with van der Waals surface area (Å²) in [5.74, 6) is -0.0670. The van der Waals surface area contributed by atoms with Crippen LogP contribution in [0.5, 0.6) is 0 Å². The molecule has 9 heteroatoms. The highest BCUT2D eigenvalue weighted by atomic mass is 32.2. The normalized spacial score (nSPS) is 14.1. The van der Waals surface area contributed by atoms with Crippen LogP contribution in [0.25, 0.3) is 0 Å². The lowest BCUT2D eigenvalue weighted by atomic mass is 10.1. The monoisotopic (exact) mass is 347 g/mol. The van der Waals surface area contributed by atoms with Crippen LogP contribution in [0.3, 0.4) is 0 Å². The molecule has 1 aromatic rings. The van der Waals surface area contributed by atoms with Crippen LogP contribution in [0.2, 0.25) is 0 Å². The van der Waals surface area contributed by atoms with Gasteiger partial charge in [0.15, 0.2) is 0 Å². The lowest BCUT2D eigenvalue weighted by molar-refractivity contribution is 0.0477. The Morgan fingerprint density at radius 1 is 1.17 bits per heavy atom. The van der Waals surface area contributed by atoms with Crippen LogP contribution in [0, 0.1) is 5.92 Å². The molecule has 0 aromatic carbocycles. The minimum Gasteiger partial charge on any atom is -0.444 e. The van der Waals surface area contributed by atoms with Gasteiger partial charge in [-0.05, 0) is 40.5 Å². The molecular formula is C14H25N3O5S. The van der Waals surface area contributed by atoms with Gasteiger partial charge >= 0.3 is 11.3 Å². The van der Waals surface area contributed by atoms with Crippen molar-refractivity contribution >= 4 is 15.9 Å². The van der Waals surface area contributed by atoms with Gasteiger partial charge in [-0.25, -0.2) is 13.2 Å². The van der Waals surface area contributed by atoms with E-state index in [2.05, 4.69) is 15.5 Å². The molecule has 0 fully saturated rings. The van der Waals surface area contributed by atoms with E-state index in [1.54, 1.807) is 20.8 Å². The fourth-order valence-corrected chi connectivity index (χ4v) is 2.37. The number of carbonyl (C=O) groups is 1. The number of carbonyl (C=O) groups excluding carboxylic acids is 1. The van der Waals surface area contributed by atoms with Gasteiger partial charge in [0.25, 0.3) is 0 Å². The third-order valence-corrected chi connectivity index (χ3v) is 4.78. The minimum atomic E-state index is -3.66. The van der Waals surface area contributed by atoms with Gasteiger partial charge < -0.3 is 14.5 Å². The molecule has 0 saturated carbocycles. The number of nitrogens with one attached hydrogen (secondary N) is 1. The van der Waals surface area contributed by atoms with Crippen LogP contribution in [0.4, 0.5) is 4.79 Å². The second-order valence-electron chi connectivity index (χ2n) is 6.87. The Bertz CT molecular complexity index is 644. The molecule has 8 nitrogen and oxygen atoms in total. The number of amides is 1. The van der Waals surface area contributed by atoms with E-state index in [1.165, 1.54) is 13.8 Å². The van der Waals surface area contributed by atoms with Crippen LogP contribution in [-0.2, 0) is 14.6 Å². The predicted octanol–water partition coefficient (Wildman–Crippen LogP) is 2.47. The third-order valence-electron chi connectivity index (χ3n) is 2.89. The molecule has 0 saturated heterocycles. The first-order valence-corrected chi connectivity index (χ1v) is 8.96. The molecule has 0 aliphatic carbocycles. The maximum absolute atomic E-state index is 12.0. The molecule has 0 aliphatic rings. The summed E-state index contributed by atoms with van der Waals surface area (Å²) in [5, 5.41) is 8.88. The van der Waals surface area contributed by atoms with E-state index in [4.69, 9.17) is 9.15 Å². The SMILES string of the molecule is CC(C)[C@H](NC(=O)OC(C)(C)C)c1nnc(S(=O)(=O)C(C)C)o1. The second kappa shape index (κ2) is 6.86. The highest BCUT2D eigenvalue weighted by Gasteiger charge is 2.31. The van der Waals surface area contributed by atoms with Gasteiger partial charge in [-0.15, -0.1) is 5.10 Å². The van der Waals surface area contributed by atoms with E-state index in [-0.39, 0.29) is 11.8 Å². The smallest absolute Gasteiger partial charge is 0.408 e. The number of nitrogens with zero attached hydrogens (tertiary/aromatic N) is 2. The molecule has 1 atom stereocenters. The van der Waals surface area contributed by atoms with E-state index in [0.29, 0.717) is 0 Å². The summed E-state index contributed by atoms with van der Waals surface area (Å²) < 4.78 is 34.6. The Labute approximate surface area is 136 Å². The van der Waals surface area contributed by atoms with Gasteiger partial charge in [-0.1, -0.05) is 18.9 Å². The Hall–Kier alpha value is -1.64. The first-order valence-electron chi connectivity index (χ1n) is 7.41. The molecular weight excluding hydrogens is 322 g/mol. The molecule has 0 radical (unpaired) electrons. The molecule has 0 aliphatic heterocycles. The molecule has 1 aromatic heterocycles. The van der Waals surface area contributed by atoms with Crippen LogP contribution >= 0.6 is 0 Å². The number of hydrogen-bond donors (Lipinski definition) is 1. The van der Waals surface area contributed by atoms with Crippen molar-refractivity contribution in [2.24, 2.45) is 5.92 Å². The zero-order valence-electron chi connectivity index (χ0n) is 14.6. The summed E-state index contributed by atoms with van der Waals surface area (Å²) in [6, 6.07) is -0.645. The summed E-state index contributed by atoms with van der Waals surface area (Å²) in [6.07, 6.45) is -0.636. The van der Waals surface area contributed by atoms with Gasteiger partial charge in [0.2, 0.25) is 15.7 Å². The van der Waals surface area contributed by atoms with Gasteiger partial charge in [-0.2, -0.15) is 0 Å². The maximum Gasteiger partial charge on any atom is 0.408 e. The Balaban J connectivity index is 3.01. The van der Waals surface area contributed by atoms with Gasteiger partial charge in [-0.3, -0.25) is 0 Å². The van der Waals surface area contributed by atoms with Crippen molar-refractivity contribution in [2.45, 2.75) is 70.6 Å². The van der Waals surface area contributed by atoms with Gasteiger partial charge in [0, 0.05) is 0 Å². The van der Waals surface area contributed by atoms with Crippen molar-refractivity contribution in [3.8, 4) is 0 Å². The molecule has 1 N–H and O–H groups in total. The first-order chi connectivity index (χ1) is 10.3. The lowest BCUT2D eigenvalue weighted by Crippen LogP contribution is -2.37. The largest absolute Gasteiger partial charge is 0.444 e. The molecule has 0 bridgehead atoms. The minimum absolute atomic E-state index is 0.0325. The molecule has 0 spiro atoms. The summed E-state index contributed by atoms with van der Waals surface area (Å²) in [7, 11) is -3.66. The summed E-state index contributed by atoms with van der Waals surface area (Å²) in [4.78, 5) is 11.9. The summed E-state index contributed by atoms with van der Waals surface area (Å²) in [6.45, 7) is 12.0. The molecule has 1 rings (SSSR count). The van der Waals surface area contributed by atoms with Crippen LogP contribution in [0.15, 0.2) is 9.64 Å². The van der Waals surface area contributed by atoms with Crippen molar-refractivity contribution in [3.05, 3.63) is 5.89 Å². The van der Waals surface area contributed by atoms with Crippen molar-refractivity contribution in [3.63, 3.8) is 0 Å². The van der Waals surface area contributed by atoms with Crippen molar-refractivity contribution in [1.82, 2.24) is 15.5 Å². The fourth-order valence-electron chi connectivity index (χ4n) is 1.61. The average molecular weight is 347 g/mol. The summed E-state index contributed by atoms with van der Waals surface area (Å²) in [5.41, 5.74) is -0.646. The molecule has 0 unspecified atom stereocenters. The predicted molar refractivity (Wildman–Crippen MR) is 83.6 cm³/mol. The Kier molecular flexibility index (Phi) is 5.79. The van der Waals surface area contributed by atoms with Crippen LogP contribution in [-0.4, -0.2) is 35.6 Å². The molecule has 132 valence electrons. The quantitative estimate of drug-likeness (QED) is 0.870. The van der Waals surface area contributed by atoms with Crippen molar-refractivity contribution in [2.75, 3.05) is 0 Å². The molecule has 1 heterocycles. The maximum atomic E-state index is 12.0. The Morgan fingerprint density at radius 2 is 1.74 bits per heavy atom. The number of aromatic nitrogens is 2. The van der Waals surface area contributed by atoms with Crippen LogP contribution < -0.4 is 5.32 Å². The van der Waals surface area contributed by atoms with E-state index in [1.807, 2.05) is 13.8 Å². The van der Waals surface area contributed by atoms with Crippen LogP contribution in [0.1, 0.15) is 60.4 Å². The first kappa shape index (κ1) is 19.4. The second-order valence-corrected chi connectivity index (χ2v) is 9.25. The number of sulfone groups is 1. The lowest BCUT2D eigenvalue weighted by Gasteiger charge is -2.23. The number of alkyl carbamates (subject to hydrolysis) is 1. The highest BCUT2D eigenvalue weighted by Crippen LogP contribution is 2.24. The van der Waals surface area contributed by atoms with E-state index in [9.17, 15) is 13.2 Å². The van der Waals surface area contributed by atoms with Gasteiger partial charge in [0.05, 0.1) is 5.25 Å². The van der Waals surface area contributed by atoms with Gasteiger partial charge in [0.1, 0.15) is 11.6 Å². The standard InChI is InChI=1S/C14H25N3O5S/c1-8(2)10(15-12(18)22-14(5,6)7)11-16-17-13(21-11)23(19,20)9(3)4/h8-10H,1-7H3,(H,15,18)/t10-/m0/s1. The number of hydrogen-bond acceptors (Lipinski definition) is 7. The van der Waals surface area contributed by atoms with E-state index >= 15 is 0 Å². The van der Waals surface area contributed by atoms with E-state index < -0.39 is 38.0 Å². The molecule has 1 amide bonds. The van der Waals surface area contributed by atoms with Crippen molar-refractivity contribution < 1.29 is 22.4 Å². The molecule has 23 heavy (non-hydrogen) atoms.